The molecule has 19 heavy (non-hydrogen) atoms. The van der Waals surface area contributed by atoms with Gasteiger partial charge in [-0.1, -0.05) is 13.8 Å². The summed E-state index contributed by atoms with van der Waals surface area (Å²) < 4.78 is 4.90. The minimum Gasteiger partial charge on any atom is -0.383 e. The minimum absolute atomic E-state index is 0.0615. The molecule has 5 nitrogen and oxygen atoms in total. The van der Waals surface area contributed by atoms with E-state index in [0.29, 0.717) is 19.7 Å². The highest BCUT2D eigenvalue weighted by atomic mass is 16.5. The molecule has 5 heteroatoms. The molecule has 0 rings (SSSR count). The van der Waals surface area contributed by atoms with Gasteiger partial charge in [0.05, 0.1) is 13.2 Å². The maximum atomic E-state index is 11.6. The Morgan fingerprint density at radius 2 is 2.00 bits per heavy atom. The van der Waals surface area contributed by atoms with Gasteiger partial charge in [0.15, 0.2) is 0 Å². The summed E-state index contributed by atoms with van der Waals surface area (Å²) in [5.41, 5.74) is 0. The molecular weight excluding hydrogens is 242 g/mol. The van der Waals surface area contributed by atoms with Crippen molar-refractivity contribution in [2.45, 2.75) is 39.7 Å². The lowest BCUT2D eigenvalue weighted by atomic mass is 10.1. The summed E-state index contributed by atoms with van der Waals surface area (Å²) in [6.45, 7) is 11.4. The van der Waals surface area contributed by atoms with Crippen molar-refractivity contribution < 1.29 is 9.53 Å². The van der Waals surface area contributed by atoms with Gasteiger partial charge >= 0.3 is 0 Å². The Morgan fingerprint density at radius 3 is 2.58 bits per heavy atom. The largest absolute Gasteiger partial charge is 0.383 e. The molecule has 0 saturated carbocycles. The van der Waals surface area contributed by atoms with Gasteiger partial charge in [0.25, 0.3) is 0 Å². The molecule has 0 saturated heterocycles. The van der Waals surface area contributed by atoms with E-state index >= 15 is 0 Å². The first-order valence-electron chi connectivity index (χ1n) is 7.35. The lowest BCUT2D eigenvalue weighted by Gasteiger charge is -2.19. The summed E-state index contributed by atoms with van der Waals surface area (Å²) in [6, 6.07) is 0.243. The fourth-order valence-corrected chi connectivity index (χ4v) is 1.94. The molecule has 0 aromatic heterocycles. The predicted octanol–water partition coefficient (Wildman–Crippen LogP) is 0.849. The Bertz CT molecular complexity index is 221. The third kappa shape index (κ3) is 10.9. The molecule has 0 heterocycles. The monoisotopic (exact) mass is 273 g/mol. The predicted molar refractivity (Wildman–Crippen MR) is 79.4 cm³/mol. The van der Waals surface area contributed by atoms with Crippen molar-refractivity contribution in [2.75, 3.05) is 46.4 Å². The van der Waals surface area contributed by atoms with Gasteiger partial charge in [0.2, 0.25) is 5.91 Å². The Hall–Kier alpha value is -0.650. The minimum atomic E-state index is 0.0615. The average molecular weight is 273 g/mol. The number of amides is 1. The van der Waals surface area contributed by atoms with Crippen LogP contribution in [0.1, 0.15) is 33.6 Å². The second-order valence-electron chi connectivity index (χ2n) is 4.81. The van der Waals surface area contributed by atoms with Crippen molar-refractivity contribution in [2.24, 2.45) is 0 Å². The summed E-state index contributed by atoms with van der Waals surface area (Å²) in [5.74, 6) is 0.0615. The molecule has 0 radical (unpaired) electrons. The van der Waals surface area contributed by atoms with E-state index < -0.39 is 0 Å². The van der Waals surface area contributed by atoms with Crippen LogP contribution in [0.25, 0.3) is 0 Å². The molecule has 1 atom stereocenters. The highest BCUT2D eigenvalue weighted by Crippen LogP contribution is 1.99. The van der Waals surface area contributed by atoms with Crippen molar-refractivity contribution in [3.05, 3.63) is 0 Å². The van der Waals surface area contributed by atoms with Crippen LogP contribution in [0.4, 0.5) is 0 Å². The van der Waals surface area contributed by atoms with Gasteiger partial charge in [0, 0.05) is 19.7 Å². The summed E-state index contributed by atoms with van der Waals surface area (Å²) in [7, 11) is 1.65. The second-order valence-corrected chi connectivity index (χ2v) is 4.81. The third-order valence-corrected chi connectivity index (χ3v) is 3.18. The topological polar surface area (TPSA) is 53.6 Å². The van der Waals surface area contributed by atoms with Gasteiger partial charge in [0.1, 0.15) is 0 Å². The van der Waals surface area contributed by atoms with Gasteiger partial charge in [-0.3, -0.25) is 4.79 Å². The zero-order chi connectivity index (χ0) is 14.5. The number of ether oxygens (including phenoxy) is 1. The van der Waals surface area contributed by atoms with Crippen LogP contribution < -0.4 is 10.6 Å². The molecule has 0 bridgehead atoms. The molecule has 0 aliphatic carbocycles. The van der Waals surface area contributed by atoms with E-state index in [1.165, 1.54) is 0 Å². The standard InChI is InChI=1S/C14H31N3O2/c1-5-17(6-2)10-7-8-13(3)16-14(18)12-15-9-11-19-4/h13,15H,5-12H2,1-4H3,(H,16,18). The quantitative estimate of drug-likeness (QED) is 0.518. The first-order chi connectivity index (χ1) is 9.13. The molecule has 0 spiro atoms. The van der Waals surface area contributed by atoms with Crippen molar-refractivity contribution in [1.82, 2.24) is 15.5 Å². The van der Waals surface area contributed by atoms with Crippen LogP contribution in [0.5, 0.6) is 0 Å². The first-order valence-corrected chi connectivity index (χ1v) is 7.35. The number of nitrogens with zero attached hydrogens (tertiary/aromatic N) is 1. The number of carbonyl (C=O) groups excluding carboxylic acids is 1. The summed E-state index contributed by atoms with van der Waals surface area (Å²) in [4.78, 5) is 14.0. The van der Waals surface area contributed by atoms with E-state index in [1.807, 2.05) is 0 Å². The van der Waals surface area contributed by atoms with E-state index in [1.54, 1.807) is 7.11 Å². The number of methoxy groups -OCH3 is 1. The van der Waals surface area contributed by atoms with Crippen LogP contribution in [0.2, 0.25) is 0 Å². The van der Waals surface area contributed by atoms with Crippen LogP contribution in [-0.2, 0) is 9.53 Å². The summed E-state index contributed by atoms with van der Waals surface area (Å²) in [6.07, 6.45) is 2.15. The summed E-state index contributed by atoms with van der Waals surface area (Å²) in [5, 5.41) is 6.04. The molecule has 0 aromatic carbocycles. The third-order valence-electron chi connectivity index (χ3n) is 3.18. The highest BCUT2D eigenvalue weighted by molar-refractivity contribution is 5.78. The van der Waals surface area contributed by atoms with Crippen LogP contribution in [0.15, 0.2) is 0 Å². The van der Waals surface area contributed by atoms with Crippen molar-refractivity contribution in [3.8, 4) is 0 Å². The number of hydrogen-bond acceptors (Lipinski definition) is 4. The molecular formula is C14H31N3O2. The summed E-state index contributed by atoms with van der Waals surface area (Å²) >= 11 is 0. The molecule has 0 aliphatic heterocycles. The fraction of sp³-hybridized carbons (Fsp3) is 0.929. The molecule has 114 valence electrons. The maximum Gasteiger partial charge on any atom is 0.234 e. The molecule has 0 aliphatic rings. The van der Waals surface area contributed by atoms with Gasteiger partial charge in [-0.15, -0.1) is 0 Å². The lowest BCUT2D eigenvalue weighted by molar-refractivity contribution is -0.120. The Kier molecular flexibility index (Phi) is 12.0. The number of nitrogens with one attached hydrogen (secondary N) is 2. The van der Waals surface area contributed by atoms with E-state index in [4.69, 9.17) is 4.74 Å². The van der Waals surface area contributed by atoms with Crippen LogP contribution >= 0.6 is 0 Å². The van der Waals surface area contributed by atoms with Crippen molar-refractivity contribution in [3.63, 3.8) is 0 Å². The van der Waals surface area contributed by atoms with Crippen LogP contribution in [-0.4, -0.2) is 63.3 Å². The second kappa shape index (κ2) is 12.4. The SMILES string of the molecule is CCN(CC)CCCC(C)NC(=O)CNCCOC. The molecule has 1 amide bonds. The normalized spacial score (nSPS) is 12.7. The van der Waals surface area contributed by atoms with Crippen molar-refractivity contribution >= 4 is 5.91 Å². The van der Waals surface area contributed by atoms with Crippen LogP contribution in [0.3, 0.4) is 0 Å². The molecule has 0 fully saturated rings. The van der Waals surface area contributed by atoms with Crippen LogP contribution in [0, 0.1) is 0 Å². The van der Waals surface area contributed by atoms with E-state index in [2.05, 4.69) is 36.3 Å². The Morgan fingerprint density at radius 1 is 1.32 bits per heavy atom. The zero-order valence-electron chi connectivity index (χ0n) is 13.0. The molecule has 2 N–H and O–H groups in total. The van der Waals surface area contributed by atoms with Crippen molar-refractivity contribution in [1.29, 1.82) is 0 Å². The Balaban J connectivity index is 3.56. The number of carbonyl (C=O) groups is 1. The molecule has 1 unspecified atom stereocenters. The highest BCUT2D eigenvalue weighted by Gasteiger charge is 2.07. The Labute approximate surface area is 118 Å². The zero-order valence-corrected chi connectivity index (χ0v) is 13.0. The maximum absolute atomic E-state index is 11.6. The average Bonchev–Trinajstić information content (AvgIpc) is 2.40. The van der Waals surface area contributed by atoms with Gasteiger partial charge < -0.3 is 20.3 Å². The van der Waals surface area contributed by atoms with E-state index in [-0.39, 0.29) is 11.9 Å². The smallest absolute Gasteiger partial charge is 0.234 e. The van der Waals surface area contributed by atoms with Gasteiger partial charge in [-0.2, -0.15) is 0 Å². The number of hydrogen-bond donors (Lipinski definition) is 2. The molecule has 0 aromatic rings. The lowest BCUT2D eigenvalue weighted by Crippen LogP contribution is -2.40. The fourth-order valence-electron chi connectivity index (χ4n) is 1.94. The van der Waals surface area contributed by atoms with Gasteiger partial charge in [-0.25, -0.2) is 0 Å². The number of rotatable bonds is 12. The first kappa shape index (κ1) is 18.4. The van der Waals surface area contributed by atoms with E-state index in [9.17, 15) is 4.79 Å². The van der Waals surface area contributed by atoms with E-state index in [0.717, 1.165) is 32.5 Å². The van der Waals surface area contributed by atoms with Gasteiger partial charge in [-0.05, 0) is 39.4 Å².